The third kappa shape index (κ3) is 4.54. The molecule has 0 saturated heterocycles. The molecule has 0 aromatic carbocycles. The molecule has 7 heteroatoms. The minimum atomic E-state index is 0.469. The van der Waals surface area contributed by atoms with E-state index in [-0.39, 0.29) is 0 Å². The molecule has 0 atom stereocenters. The number of nitrogens with zero attached hydrogens (tertiary/aromatic N) is 6. The summed E-state index contributed by atoms with van der Waals surface area (Å²) in [6, 6.07) is 22.1. The van der Waals surface area contributed by atoms with Gasteiger partial charge in [-0.15, -0.1) is 0 Å². The minimum Gasteiger partial charge on any atom is -0.254 e. The van der Waals surface area contributed by atoms with Gasteiger partial charge in [0, 0.05) is 24.8 Å². The topological polar surface area (TPSA) is 85.5 Å². The van der Waals surface area contributed by atoms with E-state index in [2.05, 4.69) is 30.2 Å². The summed E-state index contributed by atoms with van der Waals surface area (Å²) in [6.07, 6.45) is 6.74. The highest BCUT2D eigenvalue weighted by Gasteiger charge is 2.13. The Bertz CT molecular complexity index is 927. The number of hydrogen-bond donors (Lipinski definition) is 0. The summed E-state index contributed by atoms with van der Waals surface area (Å²) in [4.78, 5) is 22.8. The van der Waals surface area contributed by atoms with Crippen LogP contribution in [0.1, 0.15) is 22.8 Å². The van der Waals surface area contributed by atoms with Crippen LogP contribution in [0, 0.1) is 0 Å². The first kappa shape index (κ1) is 18.1. The van der Waals surface area contributed by atoms with Crippen molar-refractivity contribution in [2.45, 2.75) is 0 Å². The lowest BCUT2D eigenvalue weighted by molar-refractivity contribution is 0.156. The van der Waals surface area contributed by atoms with Crippen molar-refractivity contribution >= 4 is 11.4 Å². The Morgan fingerprint density at radius 3 is 1.03 bits per heavy atom. The van der Waals surface area contributed by atoms with Crippen molar-refractivity contribution in [2.24, 2.45) is 10.3 Å². The Labute approximate surface area is 167 Å². The summed E-state index contributed by atoms with van der Waals surface area (Å²) in [5, 5.41) is 8.41. The van der Waals surface area contributed by atoms with E-state index < -0.39 is 0 Å². The average Bonchev–Trinajstić information content (AvgIpc) is 2.81. The number of pyridine rings is 4. The summed E-state index contributed by atoms with van der Waals surface area (Å²) in [7, 11) is 0. The average molecular weight is 380 g/mol. The van der Waals surface area contributed by atoms with Crippen LogP contribution in [-0.4, -0.2) is 31.4 Å². The molecule has 0 unspecified atom stereocenters. The Morgan fingerprint density at radius 1 is 0.483 bits per heavy atom. The second kappa shape index (κ2) is 9.09. The number of hydrogen-bond acceptors (Lipinski definition) is 7. The maximum atomic E-state index is 5.39. The van der Waals surface area contributed by atoms with Gasteiger partial charge in [0.15, 0.2) is 11.4 Å². The number of aromatic nitrogens is 4. The van der Waals surface area contributed by atoms with E-state index >= 15 is 0 Å². The molecule has 0 amide bonds. The smallest absolute Gasteiger partial charge is 0.157 e. The molecule has 4 aromatic rings. The van der Waals surface area contributed by atoms with Gasteiger partial charge in [-0.1, -0.05) is 24.3 Å². The summed E-state index contributed by atoms with van der Waals surface area (Å²) in [5.74, 6) is 0. The molecule has 7 nitrogen and oxygen atoms in total. The monoisotopic (exact) mass is 380 g/mol. The lowest BCUT2D eigenvalue weighted by Crippen LogP contribution is -2.10. The Balaban J connectivity index is 1.72. The quantitative estimate of drug-likeness (QED) is 0.378. The first-order valence-electron chi connectivity index (χ1n) is 8.89. The summed E-state index contributed by atoms with van der Waals surface area (Å²) in [6.45, 7) is 0. The van der Waals surface area contributed by atoms with Crippen molar-refractivity contribution in [2.75, 3.05) is 0 Å². The molecule has 4 aromatic heterocycles. The molecular formula is C22H16N6O. The van der Waals surface area contributed by atoms with Gasteiger partial charge in [-0.2, -0.15) is 0 Å². The zero-order valence-electron chi connectivity index (χ0n) is 15.3. The van der Waals surface area contributed by atoms with Crippen LogP contribution in [0.5, 0.6) is 0 Å². The van der Waals surface area contributed by atoms with Gasteiger partial charge >= 0.3 is 0 Å². The van der Waals surface area contributed by atoms with Crippen LogP contribution in [-0.2, 0) is 4.94 Å². The summed E-state index contributed by atoms with van der Waals surface area (Å²) < 4.78 is 0. The van der Waals surface area contributed by atoms with Gasteiger partial charge in [0.1, 0.15) is 0 Å². The molecule has 4 heterocycles. The van der Waals surface area contributed by atoms with Crippen LogP contribution < -0.4 is 0 Å². The second-order valence-corrected chi connectivity index (χ2v) is 5.82. The molecule has 29 heavy (non-hydrogen) atoms. The van der Waals surface area contributed by atoms with Gasteiger partial charge in [0.25, 0.3) is 0 Å². The number of rotatable bonds is 6. The standard InChI is InChI=1S/C22H16N6O/c1-5-13-23-17(9-1)21(18-10-2-6-14-24-18)27-29-28-22(19-11-3-7-15-25-19)20-12-4-8-16-26-20/h1-16H. The molecule has 4 rings (SSSR count). The Hall–Kier alpha value is -4.26. The molecule has 0 fully saturated rings. The zero-order valence-corrected chi connectivity index (χ0v) is 15.3. The SMILES string of the molecule is c1ccc(C(=NON=C(c2ccccn2)c2ccccn2)c2ccccn2)nc1. The molecule has 0 radical (unpaired) electrons. The predicted octanol–water partition coefficient (Wildman–Crippen LogP) is 3.49. The minimum absolute atomic E-state index is 0.469. The van der Waals surface area contributed by atoms with Crippen molar-refractivity contribution in [3.8, 4) is 0 Å². The van der Waals surface area contributed by atoms with Gasteiger partial charge in [0.2, 0.25) is 0 Å². The summed E-state index contributed by atoms with van der Waals surface area (Å²) in [5.41, 5.74) is 3.43. The van der Waals surface area contributed by atoms with Crippen LogP contribution in [0.25, 0.3) is 0 Å². The molecule has 0 bridgehead atoms. The fourth-order valence-corrected chi connectivity index (χ4v) is 2.56. The lowest BCUT2D eigenvalue weighted by Gasteiger charge is -2.05. The van der Waals surface area contributed by atoms with Crippen molar-refractivity contribution in [3.63, 3.8) is 0 Å². The van der Waals surface area contributed by atoms with Crippen molar-refractivity contribution in [3.05, 3.63) is 120 Å². The van der Waals surface area contributed by atoms with Crippen LogP contribution in [0.2, 0.25) is 0 Å². The molecule has 0 aliphatic heterocycles. The predicted molar refractivity (Wildman–Crippen MR) is 109 cm³/mol. The van der Waals surface area contributed by atoms with Gasteiger partial charge in [-0.3, -0.25) is 19.9 Å². The van der Waals surface area contributed by atoms with E-state index in [1.807, 2.05) is 72.8 Å². The van der Waals surface area contributed by atoms with E-state index in [4.69, 9.17) is 4.94 Å². The molecule has 0 spiro atoms. The highest BCUT2D eigenvalue weighted by atomic mass is 16.8. The van der Waals surface area contributed by atoms with Crippen molar-refractivity contribution < 1.29 is 4.94 Å². The normalized spacial score (nSPS) is 10.1. The first-order chi connectivity index (χ1) is 14.4. The molecule has 0 aliphatic rings. The first-order valence-corrected chi connectivity index (χ1v) is 8.89. The van der Waals surface area contributed by atoms with E-state index in [1.165, 1.54) is 0 Å². The largest absolute Gasteiger partial charge is 0.254 e. The van der Waals surface area contributed by atoms with Crippen LogP contribution >= 0.6 is 0 Å². The highest BCUT2D eigenvalue weighted by Crippen LogP contribution is 2.09. The summed E-state index contributed by atoms with van der Waals surface area (Å²) >= 11 is 0. The molecular weight excluding hydrogens is 364 g/mol. The maximum Gasteiger partial charge on any atom is 0.157 e. The van der Waals surface area contributed by atoms with Crippen LogP contribution in [0.4, 0.5) is 0 Å². The maximum absolute atomic E-state index is 5.39. The van der Waals surface area contributed by atoms with Gasteiger partial charge in [-0.05, 0) is 58.8 Å². The third-order valence-electron chi connectivity index (χ3n) is 3.89. The van der Waals surface area contributed by atoms with E-state index in [0.717, 1.165) is 0 Å². The van der Waals surface area contributed by atoms with Crippen molar-refractivity contribution in [1.29, 1.82) is 0 Å². The third-order valence-corrected chi connectivity index (χ3v) is 3.89. The van der Waals surface area contributed by atoms with Crippen LogP contribution in [0.15, 0.2) is 108 Å². The van der Waals surface area contributed by atoms with Gasteiger partial charge in [0.05, 0.1) is 22.8 Å². The van der Waals surface area contributed by atoms with Gasteiger partial charge in [-0.25, -0.2) is 4.94 Å². The second-order valence-electron chi connectivity index (χ2n) is 5.82. The molecule has 0 saturated carbocycles. The van der Waals surface area contributed by atoms with Crippen molar-refractivity contribution in [1.82, 2.24) is 19.9 Å². The fraction of sp³-hybridized carbons (Fsp3) is 0. The highest BCUT2D eigenvalue weighted by molar-refractivity contribution is 6.11. The Kier molecular flexibility index (Phi) is 5.68. The van der Waals surface area contributed by atoms with Crippen LogP contribution in [0.3, 0.4) is 0 Å². The zero-order chi connectivity index (χ0) is 19.7. The molecule has 0 aliphatic carbocycles. The van der Waals surface area contributed by atoms with E-state index in [0.29, 0.717) is 34.2 Å². The van der Waals surface area contributed by atoms with Gasteiger partial charge < -0.3 is 0 Å². The van der Waals surface area contributed by atoms with E-state index in [1.54, 1.807) is 24.8 Å². The molecule has 0 N–H and O–H groups in total. The molecule has 140 valence electrons. The Morgan fingerprint density at radius 2 is 0.793 bits per heavy atom. The fourth-order valence-electron chi connectivity index (χ4n) is 2.56. The van der Waals surface area contributed by atoms with E-state index in [9.17, 15) is 0 Å². The lowest BCUT2D eigenvalue weighted by atomic mass is 10.1. The number of oxime groups is 2.